The normalized spacial score (nSPS) is 20.6. The Labute approximate surface area is 224 Å². The van der Waals surface area contributed by atoms with E-state index in [0.29, 0.717) is 17.8 Å². The highest BCUT2D eigenvalue weighted by Crippen LogP contribution is 2.37. The summed E-state index contributed by atoms with van der Waals surface area (Å²) in [6, 6.07) is 17.5. The quantitative estimate of drug-likeness (QED) is 0.385. The molecule has 0 radical (unpaired) electrons. The van der Waals surface area contributed by atoms with Gasteiger partial charge in [-0.25, -0.2) is 4.98 Å². The largest absolute Gasteiger partial charge is 0.387 e. The van der Waals surface area contributed by atoms with Crippen LogP contribution in [0.2, 0.25) is 0 Å². The number of nitrogens with zero attached hydrogens (tertiary/aromatic N) is 3. The zero-order chi connectivity index (χ0) is 25.8. The van der Waals surface area contributed by atoms with E-state index in [0.717, 1.165) is 81.4 Å². The predicted octanol–water partition coefficient (Wildman–Crippen LogP) is 4.98. The Bertz CT molecular complexity index is 1290. The van der Waals surface area contributed by atoms with Crippen molar-refractivity contribution in [1.82, 2.24) is 15.3 Å². The lowest BCUT2D eigenvalue weighted by molar-refractivity contribution is -0.177. The fraction of sp³-hybridized carbons (Fsp3) is 0.433. The van der Waals surface area contributed by atoms with E-state index in [-0.39, 0.29) is 5.79 Å². The molecule has 2 aromatic carbocycles. The van der Waals surface area contributed by atoms with Crippen molar-refractivity contribution in [3.8, 4) is 0 Å². The second-order valence-corrected chi connectivity index (χ2v) is 10.5. The summed E-state index contributed by atoms with van der Waals surface area (Å²) in [6.45, 7) is 3.44. The third kappa shape index (κ3) is 5.51. The first kappa shape index (κ1) is 24.8. The van der Waals surface area contributed by atoms with Crippen molar-refractivity contribution in [3.05, 3.63) is 66.6 Å². The molecule has 0 unspecified atom stereocenters. The summed E-state index contributed by atoms with van der Waals surface area (Å²) in [5.74, 6) is -0.310. The number of allylic oxidation sites excluding steroid dienone is 1. The van der Waals surface area contributed by atoms with Crippen LogP contribution in [0.3, 0.4) is 0 Å². The standard InChI is InChI=1S/C30H36N6O2/c31-19-22(29-21-33-27-6-1-2-7-28(27)35-29)20-32-23-10-14-36(15-11-23)26-5-3-4-25(18-26)34-24-8-12-30(13-9-24)37-16-17-38-30/h1-7,18-21,23-24,31-32,34H,8-17H2/b22-20+,31-19?. The number of rotatable bonds is 7. The summed E-state index contributed by atoms with van der Waals surface area (Å²) in [5.41, 5.74) is 5.61. The van der Waals surface area contributed by atoms with E-state index in [1.807, 2.05) is 30.5 Å². The molecule has 0 atom stereocenters. The van der Waals surface area contributed by atoms with Crippen LogP contribution in [0.1, 0.15) is 44.2 Å². The number of piperidine rings is 1. The number of hydrogen-bond acceptors (Lipinski definition) is 8. The Morgan fingerprint density at radius 2 is 1.71 bits per heavy atom. The number of nitrogens with one attached hydrogen (secondary N) is 3. The zero-order valence-electron chi connectivity index (χ0n) is 21.7. The second kappa shape index (κ2) is 11.1. The molecule has 1 aliphatic carbocycles. The van der Waals surface area contributed by atoms with Gasteiger partial charge in [-0.2, -0.15) is 0 Å². The maximum Gasteiger partial charge on any atom is 0.168 e. The lowest BCUT2D eigenvalue weighted by Gasteiger charge is -2.36. The molecule has 3 aromatic rings. The number of hydrogen-bond donors (Lipinski definition) is 3. The van der Waals surface area contributed by atoms with Crippen LogP contribution >= 0.6 is 0 Å². The van der Waals surface area contributed by atoms with E-state index in [2.05, 4.69) is 49.8 Å². The topological polar surface area (TPSA) is 95.4 Å². The van der Waals surface area contributed by atoms with Gasteiger partial charge in [-0.3, -0.25) is 4.98 Å². The van der Waals surface area contributed by atoms with E-state index in [1.54, 1.807) is 6.20 Å². The molecule has 8 heteroatoms. The van der Waals surface area contributed by atoms with E-state index in [9.17, 15) is 0 Å². The third-order valence-electron chi connectivity index (χ3n) is 8.01. The summed E-state index contributed by atoms with van der Waals surface area (Å²) in [6.07, 6.45) is 11.1. The number of fused-ring (bicyclic) bond motifs is 1. The zero-order valence-corrected chi connectivity index (χ0v) is 21.7. The van der Waals surface area contributed by atoms with Gasteiger partial charge in [-0.15, -0.1) is 0 Å². The lowest BCUT2D eigenvalue weighted by Crippen LogP contribution is -2.41. The fourth-order valence-electron chi connectivity index (χ4n) is 5.81. The van der Waals surface area contributed by atoms with Gasteiger partial charge < -0.3 is 30.4 Å². The molecule has 3 N–H and O–H groups in total. The van der Waals surface area contributed by atoms with Gasteiger partial charge in [0.1, 0.15) is 0 Å². The lowest BCUT2D eigenvalue weighted by atomic mass is 9.90. The molecule has 3 fully saturated rings. The smallest absolute Gasteiger partial charge is 0.168 e. The number of aromatic nitrogens is 2. The van der Waals surface area contributed by atoms with Crippen molar-refractivity contribution in [2.75, 3.05) is 36.5 Å². The van der Waals surface area contributed by atoms with Gasteiger partial charge in [0.05, 0.1) is 36.1 Å². The van der Waals surface area contributed by atoms with Crippen molar-refractivity contribution < 1.29 is 9.47 Å². The Hall–Kier alpha value is -3.49. The minimum absolute atomic E-state index is 0.310. The average Bonchev–Trinajstić information content (AvgIpc) is 3.43. The molecule has 38 heavy (non-hydrogen) atoms. The first-order chi connectivity index (χ1) is 18.7. The van der Waals surface area contributed by atoms with Crippen LogP contribution in [0.25, 0.3) is 16.6 Å². The molecular formula is C30H36N6O2. The minimum Gasteiger partial charge on any atom is -0.387 e. The van der Waals surface area contributed by atoms with Gasteiger partial charge in [-0.1, -0.05) is 18.2 Å². The number of para-hydroxylation sites is 2. The van der Waals surface area contributed by atoms with Gasteiger partial charge in [-0.05, 0) is 56.0 Å². The van der Waals surface area contributed by atoms with E-state index in [1.165, 1.54) is 17.6 Å². The Kier molecular flexibility index (Phi) is 7.25. The summed E-state index contributed by atoms with van der Waals surface area (Å²) in [5, 5.41) is 15.2. The van der Waals surface area contributed by atoms with Crippen LogP contribution in [0.15, 0.2) is 60.9 Å². The van der Waals surface area contributed by atoms with E-state index >= 15 is 0 Å². The molecule has 198 valence electrons. The number of benzene rings is 2. The molecule has 1 aromatic heterocycles. The maximum absolute atomic E-state index is 7.89. The maximum atomic E-state index is 7.89. The molecule has 6 rings (SSSR count). The van der Waals surface area contributed by atoms with Gasteiger partial charge in [0, 0.05) is 67.4 Å². The number of anilines is 2. The van der Waals surface area contributed by atoms with Crippen LogP contribution in [0.5, 0.6) is 0 Å². The van der Waals surface area contributed by atoms with Crippen LogP contribution in [-0.4, -0.2) is 60.4 Å². The van der Waals surface area contributed by atoms with Crippen molar-refractivity contribution >= 4 is 34.2 Å². The predicted molar refractivity (Wildman–Crippen MR) is 152 cm³/mol. The van der Waals surface area contributed by atoms with Crippen molar-refractivity contribution in [2.24, 2.45) is 0 Å². The van der Waals surface area contributed by atoms with Crippen molar-refractivity contribution in [2.45, 2.75) is 56.4 Å². The molecule has 0 bridgehead atoms. The van der Waals surface area contributed by atoms with Gasteiger partial charge >= 0.3 is 0 Å². The molecule has 8 nitrogen and oxygen atoms in total. The SMILES string of the molecule is N=C/C(=C\NC1CCN(c2cccc(NC3CCC4(CC3)OCCO4)c2)CC1)c1cnc2ccccc2n1. The van der Waals surface area contributed by atoms with Crippen LogP contribution in [-0.2, 0) is 9.47 Å². The van der Waals surface area contributed by atoms with Gasteiger partial charge in [0.2, 0.25) is 0 Å². The molecule has 1 spiro atoms. The molecule has 1 saturated carbocycles. The minimum atomic E-state index is -0.310. The monoisotopic (exact) mass is 512 g/mol. The molecular weight excluding hydrogens is 476 g/mol. The molecule has 0 amide bonds. The van der Waals surface area contributed by atoms with Crippen LogP contribution in [0, 0.1) is 5.41 Å². The highest BCUT2D eigenvalue weighted by molar-refractivity contribution is 6.07. The first-order valence-electron chi connectivity index (χ1n) is 13.8. The average molecular weight is 513 g/mol. The molecule has 3 heterocycles. The Morgan fingerprint density at radius 3 is 2.47 bits per heavy atom. The van der Waals surface area contributed by atoms with Crippen LogP contribution < -0.4 is 15.5 Å². The fourth-order valence-corrected chi connectivity index (χ4v) is 5.81. The van der Waals surface area contributed by atoms with Crippen molar-refractivity contribution in [1.29, 1.82) is 5.41 Å². The Morgan fingerprint density at radius 1 is 0.947 bits per heavy atom. The third-order valence-corrected chi connectivity index (χ3v) is 8.01. The first-order valence-corrected chi connectivity index (χ1v) is 13.8. The van der Waals surface area contributed by atoms with Gasteiger partial charge in [0.15, 0.2) is 5.79 Å². The molecule has 2 aliphatic heterocycles. The van der Waals surface area contributed by atoms with Crippen LogP contribution in [0.4, 0.5) is 11.4 Å². The molecule has 2 saturated heterocycles. The van der Waals surface area contributed by atoms with E-state index < -0.39 is 0 Å². The highest BCUT2D eigenvalue weighted by Gasteiger charge is 2.40. The van der Waals surface area contributed by atoms with E-state index in [4.69, 9.17) is 14.9 Å². The summed E-state index contributed by atoms with van der Waals surface area (Å²) in [4.78, 5) is 11.6. The summed E-state index contributed by atoms with van der Waals surface area (Å²) in [7, 11) is 0. The Balaban J connectivity index is 1.02. The molecule has 3 aliphatic rings. The summed E-state index contributed by atoms with van der Waals surface area (Å²) < 4.78 is 11.8. The highest BCUT2D eigenvalue weighted by atomic mass is 16.7. The van der Waals surface area contributed by atoms with Crippen molar-refractivity contribution in [3.63, 3.8) is 0 Å². The number of ether oxygens (including phenoxy) is 2. The summed E-state index contributed by atoms with van der Waals surface area (Å²) >= 11 is 0. The van der Waals surface area contributed by atoms with Gasteiger partial charge in [0.25, 0.3) is 0 Å². The second-order valence-electron chi connectivity index (χ2n) is 10.5.